The summed E-state index contributed by atoms with van der Waals surface area (Å²) in [7, 11) is 0. The number of β-amino-alcohol motifs (C(OH)–C–C–N with tert-alkyl or cyclic N) is 1. The van der Waals surface area contributed by atoms with Crippen LogP contribution < -0.4 is 0 Å². The maximum absolute atomic E-state index is 17.3. The van der Waals surface area contributed by atoms with Crippen molar-refractivity contribution in [3.05, 3.63) is 58.4 Å². The first-order valence-corrected chi connectivity index (χ1v) is 17.1. The third-order valence-electron chi connectivity index (χ3n) is 11.3. The molecule has 3 atom stereocenters. The van der Waals surface area contributed by atoms with E-state index < -0.39 is 17.2 Å². The molecule has 7 rings (SSSR count). The molecule has 3 N–H and O–H groups in total. The average Bonchev–Trinajstić information content (AvgIpc) is 3.47. The molecule has 252 valence electrons. The Kier molecular flexibility index (Phi) is 8.51. The Morgan fingerprint density at radius 3 is 2.65 bits per heavy atom. The van der Waals surface area contributed by atoms with Gasteiger partial charge >= 0.3 is 0 Å². The molecule has 3 heterocycles. The maximum Gasteiger partial charge on any atom is 0.175 e. The number of allylic oxidation sites excluding steroid dienone is 2. The van der Waals surface area contributed by atoms with Gasteiger partial charge in [-0.2, -0.15) is 0 Å². The Morgan fingerprint density at radius 1 is 1.15 bits per heavy atom. The van der Waals surface area contributed by atoms with E-state index in [2.05, 4.69) is 27.5 Å². The number of halogens is 2. The molecule has 3 aliphatic heterocycles. The molecule has 0 bridgehead atoms. The van der Waals surface area contributed by atoms with Crippen molar-refractivity contribution in [2.24, 2.45) is 20.4 Å². The summed E-state index contributed by atoms with van der Waals surface area (Å²) in [6.45, 7) is 7.88. The molecular formula is C38H43F2N5O3. The summed E-state index contributed by atoms with van der Waals surface area (Å²) in [6.07, 6.45) is 15.0. The van der Waals surface area contributed by atoms with Crippen LogP contribution in [0.3, 0.4) is 0 Å². The minimum Gasteiger partial charge on any atom is -0.508 e. The van der Waals surface area contributed by atoms with Crippen molar-refractivity contribution in [1.29, 1.82) is 0 Å². The van der Waals surface area contributed by atoms with Crippen molar-refractivity contribution in [1.82, 2.24) is 9.80 Å². The second-order valence-corrected chi connectivity index (χ2v) is 14.6. The first-order chi connectivity index (χ1) is 23.0. The Labute approximate surface area is 280 Å². The van der Waals surface area contributed by atoms with Gasteiger partial charge in [0.15, 0.2) is 5.83 Å². The van der Waals surface area contributed by atoms with Crippen LogP contribution in [0.15, 0.2) is 56.5 Å². The fourth-order valence-electron chi connectivity index (χ4n) is 8.96. The molecule has 3 unspecified atom stereocenters. The molecule has 2 aromatic carbocycles. The van der Waals surface area contributed by atoms with E-state index in [4.69, 9.17) is 11.4 Å². The zero-order valence-electron chi connectivity index (χ0n) is 27.4. The zero-order chi connectivity index (χ0) is 33.8. The predicted octanol–water partition coefficient (Wildman–Crippen LogP) is 5.75. The molecule has 2 saturated heterocycles. The summed E-state index contributed by atoms with van der Waals surface area (Å²) in [5.74, 6) is 1.30. The Morgan fingerprint density at radius 2 is 1.92 bits per heavy atom. The highest BCUT2D eigenvalue weighted by atomic mass is 19.1. The van der Waals surface area contributed by atoms with Crippen molar-refractivity contribution >= 4 is 35.1 Å². The third kappa shape index (κ3) is 5.66. The molecule has 2 saturated carbocycles. The van der Waals surface area contributed by atoms with Crippen molar-refractivity contribution in [3.63, 3.8) is 0 Å². The normalized spacial score (nSPS) is 32.7. The summed E-state index contributed by atoms with van der Waals surface area (Å²) in [6, 6.07) is 6.21. The largest absolute Gasteiger partial charge is 0.508 e. The number of hydrogen-bond acceptors (Lipinski definition) is 8. The van der Waals surface area contributed by atoms with E-state index in [9.17, 15) is 19.7 Å². The SMILES string of the molecule is C#Cc1c(F)ccc2cc(O)cc(C3=C(F)C(=NCC45CCCC4N(C4CC(O)C4)CCC5)/C(=C(\N=C)N4CCCC(C)(O)C4)C=N3)c12. The minimum absolute atomic E-state index is 0.0436. The lowest BCUT2D eigenvalue weighted by molar-refractivity contribution is -0.0601. The lowest BCUT2D eigenvalue weighted by Gasteiger charge is -2.52. The van der Waals surface area contributed by atoms with Crippen molar-refractivity contribution < 1.29 is 24.1 Å². The summed E-state index contributed by atoms with van der Waals surface area (Å²) >= 11 is 0. The number of piperidine rings is 2. The van der Waals surface area contributed by atoms with Gasteiger partial charge in [-0.3, -0.25) is 14.9 Å². The van der Waals surface area contributed by atoms with E-state index in [1.807, 2.05) is 4.90 Å². The number of terminal acetylenes is 1. The number of aliphatic hydroxyl groups is 2. The van der Waals surface area contributed by atoms with Gasteiger partial charge < -0.3 is 20.2 Å². The van der Waals surface area contributed by atoms with Gasteiger partial charge in [-0.05, 0) is 95.1 Å². The summed E-state index contributed by atoms with van der Waals surface area (Å²) < 4.78 is 32.2. The molecule has 0 radical (unpaired) electrons. The molecule has 0 amide bonds. The number of rotatable bonds is 6. The molecule has 2 aliphatic carbocycles. The summed E-state index contributed by atoms with van der Waals surface area (Å²) in [5.41, 5.74) is -0.654. The monoisotopic (exact) mass is 655 g/mol. The highest BCUT2D eigenvalue weighted by Gasteiger charge is 2.51. The second kappa shape index (κ2) is 12.5. The third-order valence-corrected chi connectivity index (χ3v) is 11.3. The van der Waals surface area contributed by atoms with Gasteiger partial charge in [-0.15, -0.1) is 6.42 Å². The van der Waals surface area contributed by atoms with Gasteiger partial charge in [0.25, 0.3) is 0 Å². The fourth-order valence-corrected chi connectivity index (χ4v) is 8.96. The topological polar surface area (TPSA) is 104 Å². The number of phenols is 1. The molecule has 5 aliphatic rings. The fraction of sp³-hybridized carbons (Fsp3) is 0.500. The van der Waals surface area contributed by atoms with Crippen molar-refractivity contribution in [2.75, 3.05) is 26.2 Å². The van der Waals surface area contributed by atoms with E-state index in [1.165, 1.54) is 30.5 Å². The number of aliphatic imine (C=N–C) groups is 3. The first kappa shape index (κ1) is 32.6. The van der Waals surface area contributed by atoms with Crippen LogP contribution >= 0.6 is 0 Å². The number of phenolic OH excluding ortho intramolecular Hbond substituents is 1. The zero-order valence-corrected chi connectivity index (χ0v) is 27.4. The number of likely N-dealkylation sites (tertiary alicyclic amines) is 2. The van der Waals surface area contributed by atoms with Crippen LogP contribution in [0, 0.1) is 23.6 Å². The molecule has 0 aromatic heterocycles. The van der Waals surface area contributed by atoms with Crippen LogP contribution in [0.2, 0.25) is 0 Å². The van der Waals surface area contributed by atoms with Crippen LogP contribution in [-0.2, 0) is 0 Å². The van der Waals surface area contributed by atoms with Gasteiger partial charge in [0.2, 0.25) is 0 Å². The van der Waals surface area contributed by atoms with E-state index in [0.29, 0.717) is 54.9 Å². The first-order valence-electron chi connectivity index (χ1n) is 17.1. The van der Waals surface area contributed by atoms with E-state index in [-0.39, 0.29) is 45.2 Å². The maximum atomic E-state index is 17.3. The molecule has 2 aromatic rings. The van der Waals surface area contributed by atoms with Gasteiger partial charge in [0, 0.05) is 54.3 Å². The Hall–Kier alpha value is -3.91. The Balaban J connectivity index is 1.37. The Bertz CT molecular complexity index is 1820. The van der Waals surface area contributed by atoms with E-state index in [1.54, 1.807) is 6.92 Å². The van der Waals surface area contributed by atoms with Gasteiger partial charge in [-0.1, -0.05) is 18.4 Å². The second-order valence-electron chi connectivity index (χ2n) is 14.6. The van der Waals surface area contributed by atoms with E-state index in [0.717, 1.165) is 57.9 Å². The number of aliphatic hydroxyl groups excluding tert-OH is 1. The predicted molar refractivity (Wildman–Crippen MR) is 185 cm³/mol. The molecule has 0 spiro atoms. The average molecular weight is 656 g/mol. The number of benzene rings is 2. The lowest BCUT2D eigenvalue weighted by atomic mass is 9.72. The standard InChI is InChI=1S/C38H43F2N5O3/c1-4-27-30(39)10-9-23-16-25(46)19-28(32(23)27)34-33(40)35(29(20-42-34)36(41-3)44-14-6-11-37(2,48)22-44)43-21-38-12-5-8-31(38)45(15-7-13-38)24-17-26(47)18-24/h1,9-10,16,19-20,24,26,31,46-48H,3,5-8,11-15,17-18,21-22H2,2H3/b36-29+,43-35?. The summed E-state index contributed by atoms with van der Waals surface area (Å²) in [4.78, 5) is 18.5. The van der Waals surface area contributed by atoms with Crippen molar-refractivity contribution in [3.8, 4) is 18.1 Å². The highest BCUT2D eigenvalue weighted by Crippen LogP contribution is 2.50. The number of fused-ring (bicyclic) bond motifs is 2. The molecule has 48 heavy (non-hydrogen) atoms. The van der Waals surface area contributed by atoms with E-state index >= 15 is 4.39 Å². The van der Waals surface area contributed by atoms with Crippen LogP contribution in [0.5, 0.6) is 5.75 Å². The lowest BCUT2D eigenvalue weighted by Crippen LogP contribution is -2.58. The van der Waals surface area contributed by atoms with Crippen LogP contribution in [0.25, 0.3) is 16.5 Å². The molecule has 10 heteroatoms. The number of nitrogens with zero attached hydrogens (tertiary/aromatic N) is 5. The molecular weight excluding hydrogens is 612 g/mol. The van der Waals surface area contributed by atoms with Gasteiger partial charge in [0.1, 0.15) is 28.8 Å². The minimum atomic E-state index is -0.954. The highest BCUT2D eigenvalue weighted by molar-refractivity contribution is 6.29. The van der Waals surface area contributed by atoms with Gasteiger partial charge in [-0.25, -0.2) is 13.8 Å². The smallest absolute Gasteiger partial charge is 0.175 e. The quantitative estimate of drug-likeness (QED) is 0.272. The van der Waals surface area contributed by atoms with Crippen LogP contribution in [0.1, 0.15) is 75.8 Å². The number of hydrogen-bond donors (Lipinski definition) is 3. The van der Waals surface area contributed by atoms with Gasteiger partial charge in [0.05, 0.1) is 22.8 Å². The van der Waals surface area contributed by atoms with Crippen molar-refractivity contribution in [2.45, 2.75) is 88.5 Å². The molecule has 8 nitrogen and oxygen atoms in total. The van der Waals surface area contributed by atoms with Crippen LogP contribution in [0.4, 0.5) is 8.78 Å². The number of aromatic hydroxyl groups is 1. The van der Waals surface area contributed by atoms with Crippen LogP contribution in [-0.4, -0.2) is 93.7 Å². The summed E-state index contributed by atoms with van der Waals surface area (Å²) in [5, 5.41) is 32.4. The molecule has 4 fully saturated rings.